The molecule has 2 nitrogen and oxygen atoms in total. The third-order valence-electron chi connectivity index (χ3n) is 2.66. The van der Waals surface area contributed by atoms with Gasteiger partial charge in [0, 0.05) is 19.8 Å². The molecule has 1 atom stereocenters. The first kappa shape index (κ1) is 10.1. The van der Waals surface area contributed by atoms with Crippen molar-refractivity contribution in [1.29, 1.82) is 0 Å². The Morgan fingerprint density at radius 3 is 3.29 bits per heavy atom. The van der Waals surface area contributed by atoms with Gasteiger partial charge in [0.05, 0.1) is 0 Å². The molecule has 3 heteroatoms. The summed E-state index contributed by atoms with van der Waals surface area (Å²) in [5, 5.41) is 7.79. The highest BCUT2D eigenvalue weighted by Crippen LogP contribution is 2.15. The van der Waals surface area contributed by atoms with Crippen LogP contribution in [0, 0.1) is 5.92 Å². The molecule has 2 rings (SSSR count). The van der Waals surface area contributed by atoms with Crippen LogP contribution in [0.1, 0.15) is 18.4 Å². The van der Waals surface area contributed by atoms with Crippen molar-refractivity contribution in [3.8, 4) is 0 Å². The molecule has 2 heterocycles. The van der Waals surface area contributed by atoms with Crippen molar-refractivity contribution in [2.45, 2.75) is 19.4 Å². The maximum atomic E-state index is 5.33. The molecule has 0 aromatic carbocycles. The number of hydrogen-bond acceptors (Lipinski definition) is 3. The monoisotopic (exact) mass is 211 g/mol. The van der Waals surface area contributed by atoms with Gasteiger partial charge < -0.3 is 10.1 Å². The Kier molecular flexibility index (Phi) is 3.98. The lowest BCUT2D eigenvalue weighted by molar-refractivity contribution is 0.184. The van der Waals surface area contributed by atoms with Crippen LogP contribution in [0.2, 0.25) is 0 Å². The van der Waals surface area contributed by atoms with Crippen molar-refractivity contribution in [3.63, 3.8) is 0 Å². The van der Waals surface area contributed by atoms with E-state index in [2.05, 4.69) is 22.1 Å². The Morgan fingerprint density at radius 2 is 2.57 bits per heavy atom. The lowest BCUT2D eigenvalue weighted by atomic mass is 10.1. The van der Waals surface area contributed by atoms with Crippen LogP contribution in [-0.4, -0.2) is 19.8 Å². The molecule has 0 radical (unpaired) electrons. The van der Waals surface area contributed by atoms with Crippen LogP contribution in [0.25, 0.3) is 0 Å². The summed E-state index contributed by atoms with van der Waals surface area (Å²) in [6.45, 7) is 4.07. The molecule has 1 N–H and O–H groups in total. The van der Waals surface area contributed by atoms with Crippen LogP contribution in [0.5, 0.6) is 0 Å². The van der Waals surface area contributed by atoms with Crippen LogP contribution >= 0.6 is 11.3 Å². The van der Waals surface area contributed by atoms with Crippen LogP contribution in [0.4, 0.5) is 0 Å². The number of hydrogen-bond donors (Lipinski definition) is 1. The van der Waals surface area contributed by atoms with Crippen molar-refractivity contribution in [2.75, 3.05) is 19.8 Å². The fraction of sp³-hybridized carbons (Fsp3) is 0.636. The van der Waals surface area contributed by atoms with Crippen molar-refractivity contribution < 1.29 is 4.74 Å². The third-order valence-corrected chi connectivity index (χ3v) is 3.39. The zero-order valence-electron chi connectivity index (χ0n) is 8.37. The maximum Gasteiger partial charge on any atom is 0.0495 e. The lowest BCUT2D eigenvalue weighted by Crippen LogP contribution is -2.17. The van der Waals surface area contributed by atoms with Crippen molar-refractivity contribution in [2.24, 2.45) is 5.92 Å². The van der Waals surface area contributed by atoms with Gasteiger partial charge in [-0.25, -0.2) is 0 Å². The number of ether oxygens (including phenoxy) is 1. The van der Waals surface area contributed by atoms with E-state index in [1.54, 1.807) is 11.3 Å². The smallest absolute Gasteiger partial charge is 0.0495 e. The highest BCUT2D eigenvalue weighted by Gasteiger charge is 2.14. The molecule has 1 aliphatic heterocycles. The van der Waals surface area contributed by atoms with E-state index in [1.807, 2.05) is 0 Å². The molecule has 1 aliphatic rings. The summed E-state index contributed by atoms with van der Waals surface area (Å²) in [5.74, 6) is 0.796. The molecule has 1 aromatic rings. The summed E-state index contributed by atoms with van der Waals surface area (Å²) in [6, 6.07) is 2.18. The van der Waals surface area contributed by atoms with Gasteiger partial charge in [0.2, 0.25) is 0 Å². The fourth-order valence-corrected chi connectivity index (χ4v) is 2.41. The van der Waals surface area contributed by atoms with E-state index in [-0.39, 0.29) is 0 Å². The predicted molar refractivity (Wildman–Crippen MR) is 59.6 cm³/mol. The van der Waals surface area contributed by atoms with Crippen LogP contribution < -0.4 is 5.32 Å². The second-order valence-corrected chi connectivity index (χ2v) is 4.61. The van der Waals surface area contributed by atoms with E-state index in [1.165, 1.54) is 18.4 Å². The van der Waals surface area contributed by atoms with E-state index in [4.69, 9.17) is 4.74 Å². The molecule has 1 fully saturated rings. The Hall–Kier alpha value is -0.380. The van der Waals surface area contributed by atoms with E-state index >= 15 is 0 Å². The lowest BCUT2D eigenvalue weighted by Gasteiger charge is -2.07. The first-order valence-corrected chi connectivity index (χ1v) is 6.19. The Labute approximate surface area is 89.3 Å². The summed E-state index contributed by atoms with van der Waals surface area (Å²) in [7, 11) is 0. The minimum atomic E-state index is 0.796. The van der Waals surface area contributed by atoms with Gasteiger partial charge in [-0.1, -0.05) is 0 Å². The molecule has 14 heavy (non-hydrogen) atoms. The van der Waals surface area contributed by atoms with Gasteiger partial charge in [0.25, 0.3) is 0 Å². The minimum Gasteiger partial charge on any atom is -0.381 e. The molecule has 0 saturated carbocycles. The summed E-state index contributed by atoms with van der Waals surface area (Å²) in [6.07, 6.45) is 2.50. The van der Waals surface area contributed by atoms with E-state index in [0.717, 1.165) is 32.2 Å². The maximum absolute atomic E-state index is 5.33. The van der Waals surface area contributed by atoms with Gasteiger partial charge in [0.15, 0.2) is 0 Å². The SMILES string of the molecule is c1cc(CNCCC2CCOC2)cs1. The highest BCUT2D eigenvalue weighted by molar-refractivity contribution is 7.07. The Balaban J connectivity index is 1.55. The normalized spacial score (nSPS) is 21.6. The molecule has 1 aromatic heterocycles. The van der Waals surface area contributed by atoms with Crippen molar-refractivity contribution in [3.05, 3.63) is 22.4 Å². The van der Waals surface area contributed by atoms with Crippen LogP contribution in [0.3, 0.4) is 0 Å². The fourth-order valence-electron chi connectivity index (χ4n) is 1.74. The van der Waals surface area contributed by atoms with Crippen molar-refractivity contribution in [1.82, 2.24) is 5.32 Å². The topological polar surface area (TPSA) is 21.3 Å². The van der Waals surface area contributed by atoms with Crippen LogP contribution in [0.15, 0.2) is 16.8 Å². The third kappa shape index (κ3) is 3.08. The van der Waals surface area contributed by atoms with Gasteiger partial charge >= 0.3 is 0 Å². The van der Waals surface area contributed by atoms with Gasteiger partial charge in [0.1, 0.15) is 0 Å². The molecular formula is C11H17NOS. The molecule has 0 aliphatic carbocycles. The predicted octanol–water partition coefficient (Wildman–Crippen LogP) is 2.26. The first-order valence-electron chi connectivity index (χ1n) is 5.24. The quantitative estimate of drug-likeness (QED) is 0.754. The van der Waals surface area contributed by atoms with Gasteiger partial charge in [-0.15, -0.1) is 0 Å². The molecule has 78 valence electrons. The molecule has 0 amide bonds. The van der Waals surface area contributed by atoms with Gasteiger partial charge in [-0.05, 0) is 47.7 Å². The molecule has 0 bridgehead atoms. The van der Waals surface area contributed by atoms with E-state index < -0.39 is 0 Å². The second-order valence-electron chi connectivity index (χ2n) is 3.83. The first-order chi connectivity index (χ1) is 6.95. The van der Waals surface area contributed by atoms with Gasteiger partial charge in [-0.2, -0.15) is 11.3 Å². The Bertz CT molecular complexity index is 242. The average molecular weight is 211 g/mol. The van der Waals surface area contributed by atoms with E-state index in [9.17, 15) is 0 Å². The standard InChI is InChI=1S/C11H17NOS/c1(10-2-5-13-8-10)4-12-7-11-3-6-14-9-11/h3,6,9-10,12H,1-2,4-5,7-8H2. The number of nitrogens with one attached hydrogen (secondary N) is 1. The van der Waals surface area contributed by atoms with Crippen molar-refractivity contribution >= 4 is 11.3 Å². The highest BCUT2D eigenvalue weighted by atomic mass is 32.1. The van der Waals surface area contributed by atoms with E-state index in [0.29, 0.717) is 0 Å². The molecule has 0 spiro atoms. The summed E-state index contributed by atoms with van der Waals surface area (Å²) in [4.78, 5) is 0. The number of rotatable bonds is 5. The Morgan fingerprint density at radius 1 is 1.57 bits per heavy atom. The molecule has 1 saturated heterocycles. The largest absolute Gasteiger partial charge is 0.381 e. The van der Waals surface area contributed by atoms with Crippen LogP contribution in [-0.2, 0) is 11.3 Å². The zero-order valence-corrected chi connectivity index (χ0v) is 9.19. The summed E-state index contributed by atoms with van der Waals surface area (Å²) < 4.78 is 5.33. The van der Waals surface area contributed by atoms with Gasteiger partial charge in [-0.3, -0.25) is 0 Å². The second kappa shape index (κ2) is 5.49. The summed E-state index contributed by atoms with van der Waals surface area (Å²) in [5.41, 5.74) is 1.40. The average Bonchev–Trinajstić information content (AvgIpc) is 2.86. The summed E-state index contributed by atoms with van der Waals surface area (Å²) >= 11 is 1.76. The minimum absolute atomic E-state index is 0.796. The zero-order chi connectivity index (χ0) is 9.64. The molecule has 1 unspecified atom stereocenters. The molecular weight excluding hydrogens is 194 g/mol. The number of thiophene rings is 1.